The number of aromatic nitrogens is 5. The molecular weight excluding hydrogens is 422 g/mol. The number of hydrogen-bond donors (Lipinski definition) is 2. The van der Waals surface area contributed by atoms with Crippen LogP contribution in [0.25, 0.3) is 45.4 Å². The molecule has 0 aromatic carbocycles. The van der Waals surface area contributed by atoms with E-state index in [4.69, 9.17) is 14.7 Å². The highest BCUT2D eigenvalue weighted by molar-refractivity contribution is 6.00. The van der Waals surface area contributed by atoms with Gasteiger partial charge in [-0.15, -0.1) is 0 Å². The largest absolute Gasteiger partial charge is 0.377 e. The Bertz CT molecular complexity index is 1610. The van der Waals surface area contributed by atoms with E-state index >= 15 is 0 Å². The molecule has 0 saturated carbocycles. The number of nitrogens with zero attached hydrogens (tertiary/aromatic N) is 3. The fourth-order valence-electron chi connectivity index (χ4n) is 4.40. The minimum atomic E-state index is -0.175. The van der Waals surface area contributed by atoms with Crippen molar-refractivity contribution >= 4 is 45.4 Å². The normalized spacial score (nSPS) is 13.9. The van der Waals surface area contributed by atoms with Gasteiger partial charge in [-0.1, -0.05) is 6.07 Å². The van der Waals surface area contributed by atoms with Gasteiger partial charge in [0.1, 0.15) is 0 Å². The van der Waals surface area contributed by atoms with Gasteiger partial charge < -0.3 is 14.7 Å². The third-order valence-electron chi connectivity index (χ3n) is 6.06. The molecule has 4 aromatic heterocycles. The van der Waals surface area contributed by atoms with Crippen molar-refractivity contribution in [3.8, 4) is 0 Å². The molecule has 0 spiro atoms. The fraction of sp³-hybridized carbons (Fsp3) is 0.107. The van der Waals surface area contributed by atoms with Gasteiger partial charge in [0, 0.05) is 46.5 Å². The summed E-state index contributed by atoms with van der Waals surface area (Å²) >= 11 is 0. The van der Waals surface area contributed by atoms with Crippen molar-refractivity contribution in [2.24, 2.45) is 0 Å². The molecule has 6 nitrogen and oxygen atoms in total. The number of H-pyrrole nitrogens is 2. The molecule has 2 aliphatic heterocycles. The quantitative estimate of drug-likeness (QED) is 0.364. The van der Waals surface area contributed by atoms with Crippen LogP contribution in [0.4, 0.5) is 0 Å². The number of ether oxygens (including phenoxy) is 1. The number of fused-ring (bicyclic) bond motifs is 8. The standard InChI is InChI=1S/C28H23N5O/c1-17(34-2)27-25-15-22-10-8-20(31-22)13-18-6-7-19(30-18)14-21-9-11-23(32-21)16-26(33-25)28(27)24-5-3-4-12-29-24/h3-17,30,32H,1-2H3. The van der Waals surface area contributed by atoms with Crippen LogP contribution in [0.2, 0.25) is 0 Å². The first-order chi connectivity index (χ1) is 16.7. The molecule has 0 radical (unpaired) electrons. The average Bonchev–Trinajstić information content (AvgIpc) is 3.63. The first-order valence-electron chi connectivity index (χ1n) is 11.2. The second-order valence-electron chi connectivity index (χ2n) is 8.37. The molecule has 0 amide bonds. The molecule has 4 aromatic rings. The maximum absolute atomic E-state index is 5.78. The van der Waals surface area contributed by atoms with Crippen LogP contribution in [0.5, 0.6) is 0 Å². The monoisotopic (exact) mass is 445 g/mol. The lowest BCUT2D eigenvalue weighted by Gasteiger charge is -2.14. The van der Waals surface area contributed by atoms with Crippen LogP contribution >= 0.6 is 0 Å². The van der Waals surface area contributed by atoms with Gasteiger partial charge in [-0.2, -0.15) is 0 Å². The van der Waals surface area contributed by atoms with Crippen molar-refractivity contribution in [1.82, 2.24) is 24.9 Å². The van der Waals surface area contributed by atoms with Crippen molar-refractivity contribution in [3.05, 3.63) is 101 Å². The summed E-state index contributed by atoms with van der Waals surface area (Å²) < 4.78 is 5.78. The summed E-state index contributed by atoms with van der Waals surface area (Å²) in [7, 11) is 1.72. The molecule has 0 saturated heterocycles. The van der Waals surface area contributed by atoms with E-state index in [1.54, 1.807) is 13.3 Å². The van der Waals surface area contributed by atoms with Crippen LogP contribution in [-0.4, -0.2) is 38.1 Å². The van der Waals surface area contributed by atoms with E-state index in [-0.39, 0.29) is 6.10 Å². The summed E-state index contributed by atoms with van der Waals surface area (Å²) in [5.41, 5.74) is 10.2. The van der Waals surface area contributed by atoms with Gasteiger partial charge in [0.05, 0.1) is 34.6 Å². The minimum Gasteiger partial charge on any atom is -0.377 e. The third kappa shape index (κ3) is 3.74. The summed E-state index contributed by atoms with van der Waals surface area (Å²) in [5.74, 6) is 0. The third-order valence-corrected chi connectivity index (χ3v) is 6.06. The van der Waals surface area contributed by atoms with E-state index in [1.807, 2.05) is 49.4 Å². The maximum Gasteiger partial charge on any atom is 0.0821 e. The predicted molar refractivity (Wildman–Crippen MR) is 137 cm³/mol. The number of nitrogens with one attached hydrogen (secondary N) is 2. The van der Waals surface area contributed by atoms with Crippen LogP contribution in [0, 0.1) is 0 Å². The number of hydrogen-bond acceptors (Lipinski definition) is 4. The summed E-state index contributed by atoms with van der Waals surface area (Å²) in [6.45, 7) is 2.04. The number of rotatable bonds is 3. The van der Waals surface area contributed by atoms with Gasteiger partial charge in [-0.25, -0.2) is 9.97 Å². The van der Waals surface area contributed by atoms with E-state index in [2.05, 4.69) is 51.4 Å². The molecule has 6 heterocycles. The first-order valence-corrected chi connectivity index (χ1v) is 11.2. The molecule has 1 unspecified atom stereocenters. The average molecular weight is 446 g/mol. The zero-order valence-electron chi connectivity index (χ0n) is 18.9. The van der Waals surface area contributed by atoms with E-state index in [1.165, 1.54) is 0 Å². The molecule has 34 heavy (non-hydrogen) atoms. The predicted octanol–water partition coefficient (Wildman–Crippen LogP) is 5.87. The molecule has 8 bridgehead atoms. The maximum atomic E-state index is 5.78. The molecule has 6 heteroatoms. The van der Waals surface area contributed by atoms with E-state index in [0.717, 1.165) is 61.7 Å². The van der Waals surface area contributed by atoms with Gasteiger partial charge in [0.25, 0.3) is 0 Å². The van der Waals surface area contributed by atoms with Crippen LogP contribution in [0.3, 0.4) is 0 Å². The zero-order chi connectivity index (χ0) is 23.1. The number of methoxy groups -OCH3 is 1. The summed E-state index contributed by atoms with van der Waals surface area (Å²) in [6, 6.07) is 22.4. The Balaban J connectivity index is 1.71. The first kappa shape index (κ1) is 20.3. The Morgan fingerprint density at radius 1 is 0.706 bits per heavy atom. The van der Waals surface area contributed by atoms with Crippen LogP contribution < -0.4 is 0 Å². The lowest BCUT2D eigenvalue weighted by molar-refractivity contribution is 0.164. The van der Waals surface area contributed by atoms with Crippen LogP contribution in [0.1, 0.15) is 35.4 Å². The van der Waals surface area contributed by atoms with Gasteiger partial charge in [0.15, 0.2) is 0 Å². The fourth-order valence-corrected chi connectivity index (χ4v) is 4.40. The zero-order valence-corrected chi connectivity index (χ0v) is 18.9. The van der Waals surface area contributed by atoms with E-state index < -0.39 is 0 Å². The molecule has 166 valence electrons. The SMILES string of the molecule is COC(C)C1=C(c2ccccn2)c2cc3ccc(cc4ccc(cc5nc(cc1n2)C=C5)[nH]4)[nH]3. The molecule has 2 aliphatic rings. The number of pyridine rings is 1. The lowest BCUT2D eigenvalue weighted by Crippen LogP contribution is -2.08. The topological polar surface area (TPSA) is 79.5 Å². The van der Waals surface area contributed by atoms with Crippen molar-refractivity contribution < 1.29 is 4.74 Å². The smallest absolute Gasteiger partial charge is 0.0821 e. The Labute approximate surface area is 196 Å². The van der Waals surface area contributed by atoms with Gasteiger partial charge in [-0.3, -0.25) is 4.98 Å². The summed E-state index contributed by atoms with van der Waals surface area (Å²) in [4.78, 5) is 21.4. The highest BCUT2D eigenvalue weighted by atomic mass is 16.5. The molecule has 6 rings (SSSR count). The Morgan fingerprint density at radius 3 is 2.06 bits per heavy atom. The molecule has 2 N–H and O–H groups in total. The second-order valence-corrected chi connectivity index (χ2v) is 8.37. The Kier molecular flexibility index (Phi) is 4.93. The van der Waals surface area contributed by atoms with Gasteiger partial charge in [0.2, 0.25) is 0 Å². The van der Waals surface area contributed by atoms with E-state index in [0.29, 0.717) is 0 Å². The lowest BCUT2D eigenvalue weighted by atomic mass is 9.97. The summed E-state index contributed by atoms with van der Waals surface area (Å²) in [5, 5.41) is 0. The minimum absolute atomic E-state index is 0.175. The molecule has 0 fully saturated rings. The van der Waals surface area contributed by atoms with Crippen molar-refractivity contribution in [2.45, 2.75) is 13.0 Å². The van der Waals surface area contributed by atoms with Crippen LogP contribution in [0.15, 0.2) is 72.9 Å². The summed E-state index contributed by atoms with van der Waals surface area (Å²) in [6.07, 6.45) is 5.65. The second kappa shape index (κ2) is 8.24. The van der Waals surface area contributed by atoms with Crippen LogP contribution in [-0.2, 0) is 4.74 Å². The highest BCUT2D eigenvalue weighted by Crippen LogP contribution is 2.37. The molecule has 0 aliphatic carbocycles. The number of aromatic amines is 2. The highest BCUT2D eigenvalue weighted by Gasteiger charge is 2.26. The van der Waals surface area contributed by atoms with Gasteiger partial charge >= 0.3 is 0 Å². The van der Waals surface area contributed by atoms with Crippen molar-refractivity contribution in [2.75, 3.05) is 7.11 Å². The molecule has 1 atom stereocenters. The Morgan fingerprint density at radius 2 is 1.38 bits per heavy atom. The molecular formula is C28H23N5O. The van der Waals surface area contributed by atoms with Crippen molar-refractivity contribution in [1.29, 1.82) is 0 Å². The van der Waals surface area contributed by atoms with Gasteiger partial charge in [-0.05, 0) is 79.7 Å². The Hall–Kier alpha value is -4.29. The van der Waals surface area contributed by atoms with Crippen molar-refractivity contribution in [3.63, 3.8) is 0 Å². The van der Waals surface area contributed by atoms with E-state index in [9.17, 15) is 0 Å².